The Labute approximate surface area is 132 Å². The summed E-state index contributed by atoms with van der Waals surface area (Å²) in [5.74, 6) is -0.169. The summed E-state index contributed by atoms with van der Waals surface area (Å²) in [6, 6.07) is 12.6. The Morgan fingerprint density at radius 1 is 1.00 bits per heavy atom. The molecule has 0 radical (unpaired) electrons. The Balaban J connectivity index is 2.10. The van der Waals surface area contributed by atoms with Gasteiger partial charge in [-0.05, 0) is 37.0 Å². The molecule has 0 heterocycles. The van der Waals surface area contributed by atoms with Gasteiger partial charge in [-0.1, -0.05) is 62.6 Å². The van der Waals surface area contributed by atoms with E-state index in [2.05, 4.69) is 6.92 Å². The van der Waals surface area contributed by atoms with E-state index in [1.54, 1.807) is 30.3 Å². The van der Waals surface area contributed by atoms with Gasteiger partial charge in [0, 0.05) is 11.1 Å². The van der Waals surface area contributed by atoms with Crippen molar-refractivity contribution in [3.63, 3.8) is 0 Å². The maximum atomic E-state index is 14.3. The standard InChI is InChI=1S/C20H23FO/c1-3-4-5-6-7-16-8-13-19(20(21)14-16)18-11-9-17(10-12-18)15(2)22/h8-14H,3-7H2,1-2H3. The van der Waals surface area contributed by atoms with Crippen LogP contribution in [0, 0.1) is 5.82 Å². The monoisotopic (exact) mass is 298 g/mol. The number of carbonyl (C=O) groups is 1. The topological polar surface area (TPSA) is 17.1 Å². The summed E-state index contributed by atoms with van der Waals surface area (Å²) < 4.78 is 14.3. The van der Waals surface area contributed by atoms with E-state index in [0.29, 0.717) is 11.1 Å². The van der Waals surface area contributed by atoms with Gasteiger partial charge in [-0.25, -0.2) is 4.39 Å². The molecule has 0 aliphatic carbocycles. The third-order valence-corrected chi connectivity index (χ3v) is 3.95. The average Bonchev–Trinajstić information content (AvgIpc) is 2.52. The zero-order chi connectivity index (χ0) is 15.9. The highest BCUT2D eigenvalue weighted by Crippen LogP contribution is 2.25. The molecule has 22 heavy (non-hydrogen) atoms. The number of hydrogen-bond donors (Lipinski definition) is 0. The first kappa shape index (κ1) is 16.4. The van der Waals surface area contributed by atoms with Gasteiger partial charge < -0.3 is 0 Å². The molecular weight excluding hydrogens is 275 g/mol. The molecule has 0 aromatic heterocycles. The van der Waals surface area contributed by atoms with Gasteiger partial charge in [0.2, 0.25) is 0 Å². The van der Waals surface area contributed by atoms with E-state index < -0.39 is 0 Å². The van der Waals surface area contributed by atoms with Crippen LogP contribution in [0.1, 0.15) is 55.5 Å². The van der Waals surface area contributed by atoms with Gasteiger partial charge in [0.25, 0.3) is 0 Å². The van der Waals surface area contributed by atoms with Crippen LogP contribution in [0.15, 0.2) is 42.5 Å². The van der Waals surface area contributed by atoms with Crippen molar-refractivity contribution >= 4 is 5.78 Å². The van der Waals surface area contributed by atoms with Crippen molar-refractivity contribution < 1.29 is 9.18 Å². The Kier molecular flexibility index (Phi) is 5.88. The quantitative estimate of drug-likeness (QED) is 0.465. The normalized spacial score (nSPS) is 10.7. The zero-order valence-electron chi connectivity index (χ0n) is 13.4. The number of ketones is 1. The van der Waals surface area contributed by atoms with Gasteiger partial charge in [0.1, 0.15) is 5.82 Å². The lowest BCUT2D eigenvalue weighted by Gasteiger charge is -2.07. The molecule has 0 fully saturated rings. The number of aryl methyl sites for hydroxylation is 1. The number of halogens is 1. The maximum absolute atomic E-state index is 14.3. The SMILES string of the molecule is CCCCCCc1ccc(-c2ccc(C(C)=O)cc2)c(F)c1. The summed E-state index contributed by atoms with van der Waals surface area (Å²) >= 11 is 0. The molecule has 116 valence electrons. The molecule has 0 saturated carbocycles. The number of benzene rings is 2. The fourth-order valence-electron chi connectivity index (χ4n) is 2.59. The molecule has 0 N–H and O–H groups in total. The molecule has 0 aliphatic rings. The summed E-state index contributed by atoms with van der Waals surface area (Å²) in [4.78, 5) is 11.3. The number of unbranched alkanes of at least 4 members (excludes halogenated alkanes) is 3. The van der Waals surface area contributed by atoms with E-state index in [1.807, 2.05) is 12.1 Å². The van der Waals surface area contributed by atoms with E-state index in [9.17, 15) is 9.18 Å². The molecule has 2 rings (SSSR count). The molecule has 0 spiro atoms. The Morgan fingerprint density at radius 2 is 1.73 bits per heavy atom. The van der Waals surface area contributed by atoms with Crippen molar-refractivity contribution in [3.8, 4) is 11.1 Å². The lowest BCUT2D eigenvalue weighted by molar-refractivity contribution is 0.101. The highest BCUT2D eigenvalue weighted by molar-refractivity contribution is 5.94. The Hall–Kier alpha value is -1.96. The smallest absolute Gasteiger partial charge is 0.159 e. The first-order valence-electron chi connectivity index (χ1n) is 8.01. The van der Waals surface area contributed by atoms with Crippen molar-refractivity contribution in [1.29, 1.82) is 0 Å². The second-order valence-corrected chi connectivity index (χ2v) is 5.76. The van der Waals surface area contributed by atoms with Gasteiger partial charge in [-0.2, -0.15) is 0 Å². The minimum absolute atomic E-state index is 0.0226. The van der Waals surface area contributed by atoms with Gasteiger partial charge in [-0.15, -0.1) is 0 Å². The van der Waals surface area contributed by atoms with Crippen molar-refractivity contribution in [1.82, 2.24) is 0 Å². The van der Waals surface area contributed by atoms with Gasteiger partial charge in [0.15, 0.2) is 5.78 Å². The second-order valence-electron chi connectivity index (χ2n) is 5.76. The molecule has 0 atom stereocenters. The zero-order valence-corrected chi connectivity index (χ0v) is 13.4. The molecule has 2 heteroatoms. The Bertz CT molecular complexity index is 629. The van der Waals surface area contributed by atoms with E-state index in [4.69, 9.17) is 0 Å². The van der Waals surface area contributed by atoms with Crippen molar-refractivity contribution in [2.24, 2.45) is 0 Å². The van der Waals surface area contributed by atoms with Crippen LogP contribution in [0.5, 0.6) is 0 Å². The van der Waals surface area contributed by atoms with E-state index in [0.717, 1.165) is 24.0 Å². The lowest BCUT2D eigenvalue weighted by atomic mass is 9.99. The summed E-state index contributed by atoms with van der Waals surface area (Å²) in [5.41, 5.74) is 3.10. The molecule has 0 bridgehead atoms. The average molecular weight is 298 g/mol. The number of Topliss-reactive ketones (excluding diaryl/α,β-unsaturated/α-hetero) is 1. The van der Waals surface area contributed by atoms with Crippen LogP contribution < -0.4 is 0 Å². The van der Waals surface area contributed by atoms with E-state index >= 15 is 0 Å². The van der Waals surface area contributed by atoms with Crippen molar-refractivity contribution in [2.45, 2.75) is 46.0 Å². The van der Waals surface area contributed by atoms with Crippen LogP contribution in [-0.2, 0) is 6.42 Å². The van der Waals surface area contributed by atoms with Crippen LogP contribution in [-0.4, -0.2) is 5.78 Å². The van der Waals surface area contributed by atoms with Crippen LogP contribution in [0.3, 0.4) is 0 Å². The summed E-state index contributed by atoms with van der Waals surface area (Å²) in [6.45, 7) is 3.72. The highest BCUT2D eigenvalue weighted by Gasteiger charge is 2.07. The molecular formula is C20H23FO. The largest absolute Gasteiger partial charge is 0.295 e. The fraction of sp³-hybridized carbons (Fsp3) is 0.350. The second kappa shape index (κ2) is 7.88. The van der Waals surface area contributed by atoms with Gasteiger partial charge in [0.05, 0.1) is 0 Å². The first-order valence-corrected chi connectivity index (χ1v) is 8.01. The molecule has 0 aliphatic heterocycles. The molecule has 1 nitrogen and oxygen atoms in total. The number of carbonyl (C=O) groups excluding carboxylic acids is 1. The third-order valence-electron chi connectivity index (χ3n) is 3.95. The highest BCUT2D eigenvalue weighted by atomic mass is 19.1. The molecule has 0 unspecified atom stereocenters. The minimum atomic E-state index is -0.191. The van der Waals surface area contributed by atoms with Crippen LogP contribution >= 0.6 is 0 Å². The van der Waals surface area contributed by atoms with E-state index in [-0.39, 0.29) is 11.6 Å². The predicted octanol–water partition coefficient (Wildman–Crippen LogP) is 5.82. The van der Waals surface area contributed by atoms with Crippen LogP contribution in [0.25, 0.3) is 11.1 Å². The third kappa shape index (κ3) is 4.27. The predicted molar refractivity (Wildman–Crippen MR) is 89.7 cm³/mol. The first-order chi connectivity index (χ1) is 10.6. The molecule has 2 aromatic rings. The number of rotatable bonds is 7. The summed E-state index contributed by atoms with van der Waals surface area (Å²) in [5, 5.41) is 0. The van der Waals surface area contributed by atoms with Gasteiger partial charge in [-0.3, -0.25) is 4.79 Å². The number of hydrogen-bond acceptors (Lipinski definition) is 1. The molecule has 0 amide bonds. The summed E-state index contributed by atoms with van der Waals surface area (Å²) in [6.07, 6.45) is 5.69. The van der Waals surface area contributed by atoms with Crippen molar-refractivity contribution in [3.05, 3.63) is 59.4 Å². The summed E-state index contributed by atoms with van der Waals surface area (Å²) in [7, 11) is 0. The minimum Gasteiger partial charge on any atom is -0.295 e. The van der Waals surface area contributed by atoms with E-state index in [1.165, 1.54) is 26.2 Å². The van der Waals surface area contributed by atoms with Crippen LogP contribution in [0.4, 0.5) is 4.39 Å². The van der Waals surface area contributed by atoms with Crippen LogP contribution in [0.2, 0.25) is 0 Å². The van der Waals surface area contributed by atoms with Crippen molar-refractivity contribution in [2.75, 3.05) is 0 Å². The van der Waals surface area contributed by atoms with Gasteiger partial charge >= 0.3 is 0 Å². The fourth-order valence-corrected chi connectivity index (χ4v) is 2.59. The Morgan fingerprint density at radius 3 is 2.32 bits per heavy atom. The molecule has 2 aromatic carbocycles. The molecule has 0 saturated heterocycles. The lowest BCUT2D eigenvalue weighted by Crippen LogP contribution is -1.93. The maximum Gasteiger partial charge on any atom is 0.159 e.